The van der Waals surface area contributed by atoms with Crippen LogP contribution in [-0.4, -0.2) is 19.5 Å². The van der Waals surface area contributed by atoms with Gasteiger partial charge in [0.15, 0.2) is 17.5 Å². The van der Waals surface area contributed by atoms with Crippen LogP contribution in [0.4, 0.5) is 0 Å². The van der Waals surface area contributed by atoms with Gasteiger partial charge in [-0.05, 0) is 48.5 Å². The molecule has 5 nitrogen and oxygen atoms in total. The van der Waals surface area contributed by atoms with Gasteiger partial charge in [-0.15, -0.1) is 11.3 Å². The Labute approximate surface area is 295 Å². The zero-order valence-corrected chi connectivity index (χ0v) is 27.9. The predicted octanol–water partition coefficient (Wildman–Crippen LogP) is 12.2. The van der Waals surface area contributed by atoms with E-state index in [0.717, 1.165) is 44.3 Å². The van der Waals surface area contributed by atoms with E-state index in [1.165, 1.54) is 42.0 Å². The van der Waals surface area contributed by atoms with Gasteiger partial charge >= 0.3 is 0 Å². The first-order valence-corrected chi connectivity index (χ1v) is 17.8. The Balaban J connectivity index is 1.13. The lowest BCUT2D eigenvalue weighted by Gasteiger charge is -2.09. The van der Waals surface area contributed by atoms with Crippen molar-refractivity contribution in [3.05, 3.63) is 158 Å². The van der Waals surface area contributed by atoms with Crippen molar-refractivity contribution < 1.29 is 4.42 Å². The Kier molecular flexibility index (Phi) is 6.05. The molecule has 11 rings (SSSR count). The fourth-order valence-corrected chi connectivity index (χ4v) is 8.62. The predicted molar refractivity (Wildman–Crippen MR) is 211 cm³/mol. The molecule has 0 saturated heterocycles. The zero-order chi connectivity index (χ0) is 33.5. The van der Waals surface area contributed by atoms with Gasteiger partial charge in [0.25, 0.3) is 0 Å². The topological polar surface area (TPSA) is 56.7 Å². The Bertz CT molecular complexity index is 3080. The van der Waals surface area contributed by atoms with Crippen molar-refractivity contribution >= 4 is 75.3 Å². The van der Waals surface area contributed by atoms with Gasteiger partial charge in [0.1, 0.15) is 11.2 Å². The van der Waals surface area contributed by atoms with Crippen molar-refractivity contribution in [2.75, 3.05) is 0 Å². The van der Waals surface area contributed by atoms with Crippen molar-refractivity contribution in [2.24, 2.45) is 0 Å². The molecule has 0 atom stereocenters. The maximum atomic E-state index is 6.66. The number of rotatable bonds is 4. The molecule has 4 aromatic heterocycles. The van der Waals surface area contributed by atoms with E-state index in [2.05, 4.69) is 95.6 Å². The molecule has 0 aliphatic rings. The molecule has 0 bridgehead atoms. The van der Waals surface area contributed by atoms with Crippen LogP contribution in [-0.2, 0) is 0 Å². The number of nitrogens with zero attached hydrogens (tertiary/aromatic N) is 4. The Morgan fingerprint density at radius 1 is 0.431 bits per heavy atom. The van der Waals surface area contributed by atoms with Crippen molar-refractivity contribution in [3.63, 3.8) is 0 Å². The van der Waals surface area contributed by atoms with E-state index in [0.29, 0.717) is 17.5 Å². The second-order valence-electron chi connectivity index (χ2n) is 12.8. The van der Waals surface area contributed by atoms with Crippen molar-refractivity contribution in [1.82, 2.24) is 19.5 Å². The maximum Gasteiger partial charge on any atom is 0.167 e. The van der Waals surface area contributed by atoms with Gasteiger partial charge in [0.05, 0.1) is 16.6 Å². The molecule has 6 heteroatoms. The van der Waals surface area contributed by atoms with Crippen LogP contribution >= 0.6 is 11.3 Å². The third-order valence-electron chi connectivity index (χ3n) is 9.85. The van der Waals surface area contributed by atoms with Crippen molar-refractivity contribution in [3.8, 4) is 39.9 Å². The summed E-state index contributed by atoms with van der Waals surface area (Å²) in [6, 6.07) is 54.9. The van der Waals surface area contributed by atoms with E-state index >= 15 is 0 Å². The number of aromatic nitrogens is 4. The van der Waals surface area contributed by atoms with Crippen molar-refractivity contribution in [2.45, 2.75) is 0 Å². The highest BCUT2D eigenvalue weighted by molar-refractivity contribution is 7.25. The maximum absolute atomic E-state index is 6.66. The van der Waals surface area contributed by atoms with Gasteiger partial charge in [-0.2, -0.15) is 0 Å². The number of furan rings is 1. The van der Waals surface area contributed by atoms with E-state index in [4.69, 9.17) is 19.4 Å². The van der Waals surface area contributed by atoms with Crippen LogP contribution in [0, 0.1) is 0 Å². The van der Waals surface area contributed by atoms with E-state index in [-0.39, 0.29) is 0 Å². The van der Waals surface area contributed by atoms with Crippen LogP contribution in [0.1, 0.15) is 0 Å². The quantitative estimate of drug-likeness (QED) is 0.187. The Morgan fingerprint density at radius 3 is 1.88 bits per heavy atom. The molecule has 0 aliphatic heterocycles. The second-order valence-corrected chi connectivity index (χ2v) is 13.9. The van der Waals surface area contributed by atoms with Crippen molar-refractivity contribution in [1.29, 1.82) is 0 Å². The second kappa shape index (κ2) is 10.9. The lowest BCUT2D eigenvalue weighted by atomic mass is 10.1. The fourth-order valence-electron chi connectivity index (χ4n) is 7.50. The first-order valence-electron chi connectivity index (χ1n) is 16.9. The normalized spacial score (nSPS) is 11.9. The number of hydrogen-bond acceptors (Lipinski definition) is 5. The van der Waals surface area contributed by atoms with Crippen LogP contribution < -0.4 is 0 Å². The first kappa shape index (κ1) is 28.2. The summed E-state index contributed by atoms with van der Waals surface area (Å²) in [5.41, 5.74) is 7.69. The highest BCUT2D eigenvalue weighted by atomic mass is 32.1. The van der Waals surface area contributed by atoms with Gasteiger partial charge in [-0.25, -0.2) is 15.0 Å². The van der Waals surface area contributed by atoms with E-state index in [1.54, 1.807) is 0 Å². The third-order valence-corrected chi connectivity index (χ3v) is 11.0. The monoisotopic (exact) mass is 670 g/mol. The van der Waals surface area contributed by atoms with Crippen LogP contribution in [0.3, 0.4) is 0 Å². The van der Waals surface area contributed by atoms with Crippen LogP contribution in [0.15, 0.2) is 162 Å². The minimum Gasteiger partial charge on any atom is -0.455 e. The molecule has 0 N–H and O–H groups in total. The number of fused-ring (bicyclic) bond motifs is 9. The molecular weight excluding hydrogens is 645 g/mol. The van der Waals surface area contributed by atoms with Gasteiger partial charge in [0, 0.05) is 58.5 Å². The molecule has 0 amide bonds. The summed E-state index contributed by atoms with van der Waals surface area (Å²) in [7, 11) is 0. The van der Waals surface area contributed by atoms with E-state index in [9.17, 15) is 0 Å². The number of thiophene rings is 1. The minimum absolute atomic E-state index is 0.571. The highest BCUT2D eigenvalue weighted by Crippen LogP contribution is 2.42. The average molecular weight is 671 g/mol. The molecule has 0 fully saturated rings. The van der Waals surface area contributed by atoms with E-state index in [1.807, 2.05) is 78.1 Å². The molecule has 0 saturated carbocycles. The molecule has 0 unspecified atom stereocenters. The standard InChI is InChI=1S/C45H26N4OS/c1-3-12-27(13-4-1)43-46-44(28-14-5-2-6-15-28)48-45(47-43)33-19-11-18-32-35-24-29(22-23-39(35)50-42(32)33)49-37-20-9-7-16-30(37)34-26-41-36(25-38(34)49)31-17-8-10-21-40(31)51-41/h1-26H. The highest BCUT2D eigenvalue weighted by Gasteiger charge is 2.20. The molecule has 0 radical (unpaired) electrons. The lowest BCUT2D eigenvalue weighted by molar-refractivity contribution is 0.669. The molecule has 4 heterocycles. The molecule has 0 aliphatic carbocycles. The molecule has 11 aromatic rings. The molecule has 0 spiro atoms. The Morgan fingerprint density at radius 2 is 1.10 bits per heavy atom. The molecule has 238 valence electrons. The molecule has 51 heavy (non-hydrogen) atoms. The van der Waals surface area contributed by atoms with Crippen LogP contribution in [0.25, 0.3) is 104 Å². The SMILES string of the molecule is c1ccc(-c2nc(-c3ccccc3)nc(-c3cccc4c3oc3ccc(-n5c6ccccc6c6cc7sc8ccccc8c7cc65)cc34)n2)cc1. The largest absolute Gasteiger partial charge is 0.455 e. The van der Waals surface area contributed by atoms with Gasteiger partial charge in [-0.1, -0.05) is 109 Å². The average Bonchev–Trinajstić information content (AvgIpc) is 3.86. The minimum atomic E-state index is 0.571. The van der Waals surface area contributed by atoms with Crippen LogP contribution in [0.2, 0.25) is 0 Å². The summed E-state index contributed by atoms with van der Waals surface area (Å²) in [6.07, 6.45) is 0. The summed E-state index contributed by atoms with van der Waals surface area (Å²) in [4.78, 5) is 14.9. The summed E-state index contributed by atoms with van der Waals surface area (Å²) in [5, 5.41) is 7.13. The summed E-state index contributed by atoms with van der Waals surface area (Å²) in [5.74, 6) is 1.81. The van der Waals surface area contributed by atoms with Gasteiger partial charge in [-0.3, -0.25) is 0 Å². The van der Waals surface area contributed by atoms with Gasteiger partial charge < -0.3 is 8.98 Å². The molecule has 7 aromatic carbocycles. The van der Waals surface area contributed by atoms with E-state index < -0.39 is 0 Å². The van der Waals surface area contributed by atoms with Crippen LogP contribution in [0.5, 0.6) is 0 Å². The zero-order valence-electron chi connectivity index (χ0n) is 27.1. The fraction of sp³-hybridized carbons (Fsp3) is 0. The third kappa shape index (κ3) is 4.37. The molecular formula is C45H26N4OS. The first-order chi connectivity index (χ1) is 25.3. The summed E-state index contributed by atoms with van der Waals surface area (Å²) in [6.45, 7) is 0. The summed E-state index contributed by atoms with van der Waals surface area (Å²) >= 11 is 1.86. The number of para-hydroxylation sites is 2. The Hall–Kier alpha value is -6.63. The van der Waals surface area contributed by atoms with Gasteiger partial charge in [0.2, 0.25) is 0 Å². The smallest absolute Gasteiger partial charge is 0.167 e. The number of hydrogen-bond donors (Lipinski definition) is 0. The summed E-state index contributed by atoms with van der Waals surface area (Å²) < 4.78 is 11.7. The lowest BCUT2D eigenvalue weighted by Crippen LogP contribution is -2.00. The number of benzene rings is 7.